The van der Waals surface area contributed by atoms with Crippen LogP contribution in [0.5, 0.6) is 0 Å². The lowest BCUT2D eigenvalue weighted by Gasteiger charge is -2.20. The Morgan fingerprint density at radius 1 is 1.39 bits per heavy atom. The molecule has 28 heavy (non-hydrogen) atoms. The molecule has 0 spiro atoms. The Balaban J connectivity index is 0.00000392. The number of guanidine groups is 1. The van der Waals surface area contributed by atoms with Crippen LogP contribution in [0.1, 0.15) is 43.4 Å². The minimum absolute atomic E-state index is 0. The number of aliphatic imine (C=N–C) groups is 1. The molecule has 0 aromatic carbocycles. The number of hydrogen-bond donors (Lipinski definition) is 3. The number of thiophene rings is 1. The molecule has 1 fully saturated rings. The molecule has 7 nitrogen and oxygen atoms in total. The summed E-state index contributed by atoms with van der Waals surface area (Å²) in [5, 5.41) is 9.40. The Hall–Kier alpha value is -1.36. The molecule has 1 aromatic rings. The third kappa shape index (κ3) is 6.33. The summed E-state index contributed by atoms with van der Waals surface area (Å²) >= 11 is 1.81. The van der Waals surface area contributed by atoms with E-state index in [9.17, 15) is 9.59 Å². The van der Waals surface area contributed by atoms with Crippen LogP contribution in [-0.4, -0.2) is 54.5 Å². The van der Waals surface area contributed by atoms with Gasteiger partial charge in [-0.15, -0.1) is 35.3 Å². The van der Waals surface area contributed by atoms with E-state index in [1.165, 1.54) is 14.7 Å². The number of imide groups is 1. The van der Waals surface area contributed by atoms with Crippen LogP contribution in [0.4, 0.5) is 4.79 Å². The van der Waals surface area contributed by atoms with Gasteiger partial charge >= 0.3 is 6.03 Å². The monoisotopic (exact) mass is 521 g/mol. The van der Waals surface area contributed by atoms with Gasteiger partial charge in [0.15, 0.2) is 5.96 Å². The highest BCUT2D eigenvalue weighted by molar-refractivity contribution is 14.0. The van der Waals surface area contributed by atoms with E-state index in [0.717, 1.165) is 12.4 Å². The van der Waals surface area contributed by atoms with E-state index in [4.69, 9.17) is 0 Å². The number of hydrogen-bond acceptors (Lipinski definition) is 4. The van der Waals surface area contributed by atoms with Crippen molar-refractivity contribution in [3.8, 4) is 0 Å². The Bertz CT molecular complexity index is 708. The molecule has 3 N–H and O–H groups in total. The van der Waals surface area contributed by atoms with E-state index in [1.807, 2.05) is 18.3 Å². The molecule has 1 aromatic heterocycles. The Kier molecular flexibility index (Phi) is 9.68. The van der Waals surface area contributed by atoms with Crippen LogP contribution in [0.15, 0.2) is 17.1 Å². The van der Waals surface area contributed by atoms with Crippen molar-refractivity contribution in [3.05, 3.63) is 21.9 Å². The van der Waals surface area contributed by atoms with Crippen molar-refractivity contribution in [2.45, 2.75) is 58.5 Å². The zero-order chi connectivity index (χ0) is 20.0. The molecule has 158 valence electrons. The van der Waals surface area contributed by atoms with Gasteiger partial charge in [-0.3, -0.25) is 14.7 Å². The quantitative estimate of drug-likeness (QED) is 0.162. The van der Waals surface area contributed by atoms with Crippen LogP contribution in [0.2, 0.25) is 0 Å². The molecule has 1 saturated heterocycles. The van der Waals surface area contributed by atoms with Gasteiger partial charge in [0.05, 0.1) is 0 Å². The Morgan fingerprint density at radius 3 is 2.64 bits per heavy atom. The summed E-state index contributed by atoms with van der Waals surface area (Å²) in [6.07, 6.45) is 2.19. The number of halogens is 1. The largest absolute Gasteiger partial charge is 0.356 e. The fourth-order valence-corrected chi connectivity index (χ4v) is 4.03. The van der Waals surface area contributed by atoms with Gasteiger partial charge in [-0.05, 0) is 45.7 Å². The zero-order valence-electron chi connectivity index (χ0n) is 17.3. The fourth-order valence-electron chi connectivity index (χ4n) is 3.01. The van der Waals surface area contributed by atoms with E-state index >= 15 is 0 Å². The van der Waals surface area contributed by atoms with Crippen LogP contribution >= 0.6 is 35.3 Å². The number of nitrogens with one attached hydrogen (secondary N) is 3. The molecule has 0 bridgehead atoms. The fraction of sp³-hybridized carbons (Fsp3) is 0.632. The van der Waals surface area contributed by atoms with Gasteiger partial charge in [0.1, 0.15) is 5.54 Å². The molecule has 0 saturated carbocycles. The number of rotatable bonds is 8. The number of urea groups is 1. The van der Waals surface area contributed by atoms with Crippen molar-refractivity contribution >= 4 is 53.2 Å². The van der Waals surface area contributed by atoms with Crippen LogP contribution < -0.4 is 16.0 Å². The summed E-state index contributed by atoms with van der Waals surface area (Å²) in [5.74, 6) is 0.587. The van der Waals surface area contributed by atoms with E-state index in [2.05, 4.69) is 46.9 Å². The molecule has 1 aliphatic heterocycles. The lowest BCUT2D eigenvalue weighted by molar-refractivity contribution is -0.130. The first-order chi connectivity index (χ1) is 12.8. The minimum Gasteiger partial charge on any atom is -0.356 e. The molecule has 9 heteroatoms. The second-order valence-electron chi connectivity index (χ2n) is 7.19. The lowest BCUT2D eigenvalue weighted by atomic mass is 9.99. The van der Waals surface area contributed by atoms with E-state index in [0.29, 0.717) is 25.9 Å². The molecular formula is C19H32IN5O2S. The maximum absolute atomic E-state index is 12.4. The number of carbonyl (C=O) groups is 2. The number of amides is 3. The molecule has 2 heterocycles. The first-order valence-corrected chi connectivity index (χ1v) is 10.3. The third-order valence-electron chi connectivity index (χ3n) is 4.81. The smallest absolute Gasteiger partial charge is 0.325 e. The molecule has 3 amide bonds. The maximum Gasteiger partial charge on any atom is 0.325 e. The average molecular weight is 521 g/mol. The molecule has 2 unspecified atom stereocenters. The van der Waals surface area contributed by atoms with Gasteiger partial charge in [-0.25, -0.2) is 4.79 Å². The first-order valence-electron chi connectivity index (χ1n) is 9.45. The van der Waals surface area contributed by atoms with Gasteiger partial charge < -0.3 is 16.0 Å². The summed E-state index contributed by atoms with van der Waals surface area (Å²) in [5.41, 5.74) is -0.766. The summed E-state index contributed by atoms with van der Waals surface area (Å²) in [7, 11) is 1.74. The summed E-state index contributed by atoms with van der Waals surface area (Å²) in [6, 6.07) is 4.26. The SMILES string of the molecule is CCC1(C)NC(=O)N(CCCNC(=NC)NC(C)Cc2ccc(C)s2)C1=O.I. The van der Waals surface area contributed by atoms with Crippen molar-refractivity contribution < 1.29 is 9.59 Å². The van der Waals surface area contributed by atoms with Gasteiger partial charge in [0.2, 0.25) is 0 Å². The van der Waals surface area contributed by atoms with Crippen molar-refractivity contribution in [3.63, 3.8) is 0 Å². The van der Waals surface area contributed by atoms with Crippen molar-refractivity contribution in [1.29, 1.82) is 0 Å². The molecule has 0 aliphatic carbocycles. The second kappa shape index (κ2) is 11.0. The van der Waals surface area contributed by atoms with Crippen LogP contribution in [0, 0.1) is 6.92 Å². The highest BCUT2D eigenvalue weighted by atomic mass is 127. The van der Waals surface area contributed by atoms with Crippen molar-refractivity contribution in [1.82, 2.24) is 20.9 Å². The van der Waals surface area contributed by atoms with Crippen LogP contribution in [0.25, 0.3) is 0 Å². The van der Waals surface area contributed by atoms with E-state index in [1.54, 1.807) is 14.0 Å². The normalized spacial score (nSPS) is 20.6. The van der Waals surface area contributed by atoms with E-state index in [-0.39, 0.29) is 42.0 Å². The topological polar surface area (TPSA) is 85.8 Å². The highest BCUT2D eigenvalue weighted by Gasteiger charge is 2.45. The predicted molar refractivity (Wildman–Crippen MR) is 126 cm³/mol. The molecule has 2 atom stereocenters. The summed E-state index contributed by atoms with van der Waals surface area (Å²) in [4.78, 5) is 32.6. The minimum atomic E-state index is -0.766. The predicted octanol–water partition coefficient (Wildman–Crippen LogP) is 2.88. The molecule has 0 radical (unpaired) electrons. The standard InChI is InChI=1S/C19H31N5O2S.HI/c1-6-19(4)16(25)24(18(26)23-19)11-7-10-21-17(20-5)22-13(2)12-15-9-8-14(3)27-15;/h8-9,13H,6-7,10-12H2,1-5H3,(H,23,26)(H2,20,21,22);1H. The van der Waals surface area contributed by atoms with Crippen molar-refractivity contribution in [2.24, 2.45) is 4.99 Å². The van der Waals surface area contributed by atoms with Crippen molar-refractivity contribution in [2.75, 3.05) is 20.1 Å². The van der Waals surface area contributed by atoms with Gasteiger partial charge in [0, 0.05) is 42.4 Å². The maximum atomic E-state index is 12.4. The number of nitrogens with zero attached hydrogens (tertiary/aromatic N) is 2. The third-order valence-corrected chi connectivity index (χ3v) is 5.84. The molecule has 2 rings (SSSR count). The zero-order valence-corrected chi connectivity index (χ0v) is 20.4. The molecule has 1 aliphatic rings. The number of carbonyl (C=O) groups excluding carboxylic acids is 2. The van der Waals surface area contributed by atoms with Crippen LogP contribution in [0.3, 0.4) is 0 Å². The molecular weight excluding hydrogens is 489 g/mol. The average Bonchev–Trinajstić information content (AvgIpc) is 3.12. The van der Waals surface area contributed by atoms with Gasteiger partial charge in [-0.1, -0.05) is 6.92 Å². The summed E-state index contributed by atoms with van der Waals surface area (Å²) in [6.45, 7) is 8.94. The second-order valence-corrected chi connectivity index (χ2v) is 8.56. The lowest BCUT2D eigenvalue weighted by Crippen LogP contribution is -2.44. The van der Waals surface area contributed by atoms with Gasteiger partial charge in [-0.2, -0.15) is 0 Å². The van der Waals surface area contributed by atoms with E-state index < -0.39 is 5.54 Å². The number of aryl methyl sites for hydroxylation is 1. The highest BCUT2D eigenvalue weighted by Crippen LogP contribution is 2.20. The Morgan fingerprint density at radius 2 is 2.11 bits per heavy atom. The Labute approximate surface area is 188 Å². The summed E-state index contributed by atoms with van der Waals surface area (Å²) < 4.78 is 0. The van der Waals surface area contributed by atoms with Gasteiger partial charge in [0.25, 0.3) is 5.91 Å². The van der Waals surface area contributed by atoms with Crippen LogP contribution in [-0.2, 0) is 11.2 Å². The first kappa shape index (κ1) is 24.7.